The molecule has 1 amide bonds. The number of amides is 1. The molecular weight excluding hydrogens is 408 g/mol. The fraction of sp³-hybridized carbons (Fsp3) is 0.600. The van der Waals surface area contributed by atoms with Gasteiger partial charge in [0.2, 0.25) is 5.91 Å². The normalized spacial score (nSPS) is 14.7. The van der Waals surface area contributed by atoms with Gasteiger partial charge in [-0.3, -0.25) is 9.59 Å². The summed E-state index contributed by atoms with van der Waals surface area (Å²) in [7, 11) is 0. The van der Waals surface area contributed by atoms with Crippen molar-refractivity contribution in [2.75, 3.05) is 17.7 Å². The Morgan fingerprint density at radius 2 is 2.03 bits per heavy atom. The Hall–Kier alpha value is -1.87. The van der Waals surface area contributed by atoms with Crippen molar-refractivity contribution in [1.82, 2.24) is 14.5 Å². The number of ether oxygens (including phenoxy) is 1. The van der Waals surface area contributed by atoms with Gasteiger partial charge in [0.1, 0.15) is 0 Å². The molecule has 0 atom stereocenters. The zero-order valence-corrected chi connectivity index (χ0v) is 18.8. The van der Waals surface area contributed by atoms with Crippen LogP contribution in [0.15, 0.2) is 10.5 Å². The number of hydrogen-bond donors (Lipinski definition) is 1. The Morgan fingerprint density at radius 1 is 1.28 bits per heavy atom. The highest BCUT2D eigenvalue weighted by molar-refractivity contribution is 7.99. The van der Waals surface area contributed by atoms with Gasteiger partial charge < -0.3 is 14.6 Å². The van der Waals surface area contributed by atoms with Gasteiger partial charge in [0.05, 0.1) is 30.2 Å². The maximum atomic E-state index is 12.4. The minimum absolute atomic E-state index is 0.117. The number of imidazole rings is 1. The number of nitrogens with one attached hydrogen (secondary N) is 1. The highest BCUT2D eigenvalue weighted by Gasteiger charge is 2.22. The van der Waals surface area contributed by atoms with Crippen molar-refractivity contribution in [2.24, 2.45) is 0 Å². The molecule has 0 aliphatic heterocycles. The summed E-state index contributed by atoms with van der Waals surface area (Å²) in [5.74, 6) is -0.165. The lowest BCUT2D eigenvalue weighted by Gasteiger charge is -2.26. The molecule has 158 valence electrons. The second-order valence-electron chi connectivity index (χ2n) is 7.19. The van der Waals surface area contributed by atoms with E-state index in [-0.39, 0.29) is 24.1 Å². The highest BCUT2D eigenvalue weighted by Crippen LogP contribution is 2.34. The predicted molar refractivity (Wildman–Crippen MR) is 116 cm³/mol. The molecular formula is C20H28N4O3S2. The average Bonchev–Trinajstić information content (AvgIpc) is 3.24. The van der Waals surface area contributed by atoms with Crippen LogP contribution in [0.4, 0.5) is 5.13 Å². The molecule has 0 saturated heterocycles. The summed E-state index contributed by atoms with van der Waals surface area (Å²) in [5.41, 5.74) is 2.83. The summed E-state index contributed by atoms with van der Waals surface area (Å²) in [5, 5.41) is 6.00. The van der Waals surface area contributed by atoms with Crippen LogP contribution in [0.25, 0.3) is 0 Å². The molecule has 1 saturated carbocycles. The van der Waals surface area contributed by atoms with Crippen LogP contribution in [0.5, 0.6) is 0 Å². The second-order valence-corrected chi connectivity index (χ2v) is 8.99. The number of rotatable bonds is 8. The molecule has 0 bridgehead atoms. The summed E-state index contributed by atoms with van der Waals surface area (Å²) >= 11 is 2.78. The van der Waals surface area contributed by atoms with Gasteiger partial charge in [0, 0.05) is 17.1 Å². The van der Waals surface area contributed by atoms with Crippen LogP contribution < -0.4 is 5.32 Å². The molecule has 1 aliphatic rings. The summed E-state index contributed by atoms with van der Waals surface area (Å²) < 4.78 is 7.25. The fourth-order valence-electron chi connectivity index (χ4n) is 3.56. The number of carbonyl (C=O) groups excluding carboxylic acids is 2. The number of nitrogens with zero attached hydrogens (tertiary/aromatic N) is 3. The first-order valence-electron chi connectivity index (χ1n) is 10.1. The van der Waals surface area contributed by atoms with E-state index in [1.54, 1.807) is 12.3 Å². The van der Waals surface area contributed by atoms with Gasteiger partial charge in [-0.25, -0.2) is 9.97 Å². The molecule has 0 spiro atoms. The molecule has 9 heteroatoms. The van der Waals surface area contributed by atoms with Gasteiger partial charge in [-0.1, -0.05) is 31.0 Å². The van der Waals surface area contributed by atoms with Crippen LogP contribution in [0.1, 0.15) is 62.2 Å². The molecule has 0 aromatic carbocycles. The van der Waals surface area contributed by atoms with Crippen molar-refractivity contribution in [3.05, 3.63) is 22.5 Å². The third kappa shape index (κ3) is 5.82. The number of thioether (sulfide) groups is 1. The first-order chi connectivity index (χ1) is 14.0. The average molecular weight is 437 g/mol. The van der Waals surface area contributed by atoms with E-state index in [2.05, 4.69) is 21.8 Å². The lowest BCUT2D eigenvalue weighted by Crippen LogP contribution is -2.17. The van der Waals surface area contributed by atoms with Gasteiger partial charge in [0.25, 0.3) is 0 Å². The quantitative estimate of drug-likeness (QED) is 0.490. The summed E-state index contributed by atoms with van der Waals surface area (Å²) in [6.07, 6.45) is 6.29. The van der Waals surface area contributed by atoms with E-state index in [1.165, 1.54) is 60.9 Å². The molecule has 0 radical (unpaired) electrons. The number of anilines is 1. The third-order valence-corrected chi connectivity index (χ3v) is 6.81. The zero-order chi connectivity index (χ0) is 20.8. The monoisotopic (exact) mass is 436 g/mol. The first kappa shape index (κ1) is 21.8. The number of aromatic nitrogens is 3. The molecule has 1 fully saturated rings. The maximum Gasteiger partial charge on any atom is 0.311 e. The SMILES string of the molecule is CCOC(=O)Cc1csc(NC(=O)CSc2nc(C)c(C)n2C2CCCCC2)n1. The molecule has 2 aromatic rings. The highest BCUT2D eigenvalue weighted by atomic mass is 32.2. The molecule has 29 heavy (non-hydrogen) atoms. The van der Waals surface area contributed by atoms with E-state index >= 15 is 0 Å². The van der Waals surface area contributed by atoms with E-state index in [0.29, 0.717) is 23.5 Å². The van der Waals surface area contributed by atoms with Crippen molar-refractivity contribution in [3.8, 4) is 0 Å². The Labute approximate surface area is 179 Å². The minimum Gasteiger partial charge on any atom is -0.466 e. The lowest BCUT2D eigenvalue weighted by molar-refractivity contribution is -0.142. The van der Waals surface area contributed by atoms with E-state index < -0.39 is 0 Å². The van der Waals surface area contributed by atoms with Gasteiger partial charge in [0.15, 0.2) is 10.3 Å². The Bertz CT molecular complexity index is 856. The summed E-state index contributed by atoms with van der Waals surface area (Å²) in [6.45, 7) is 6.26. The van der Waals surface area contributed by atoms with Gasteiger partial charge >= 0.3 is 5.97 Å². The van der Waals surface area contributed by atoms with Crippen LogP contribution in [-0.2, 0) is 20.7 Å². The second kappa shape index (κ2) is 10.2. The Kier molecular flexibility index (Phi) is 7.71. The number of aryl methyl sites for hydroxylation is 1. The van der Waals surface area contributed by atoms with Gasteiger partial charge in [-0.15, -0.1) is 11.3 Å². The van der Waals surface area contributed by atoms with Crippen LogP contribution in [-0.4, -0.2) is 38.8 Å². The third-order valence-electron chi connectivity index (χ3n) is 5.06. The topological polar surface area (TPSA) is 86.1 Å². The number of hydrogen-bond acceptors (Lipinski definition) is 7. The summed E-state index contributed by atoms with van der Waals surface area (Å²) in [4.78, 5) is 32.9. The van der Waals surface area contributed by atoms with Crippen LogP contribution in [0, 0.1) is 13.8 Å². The van der Waals surface area contributed by atoms with Crippen molar-refractivity contribution < 1.29 is 14.3 Å². The predicted octanol–water partition coefficient (Wildman–Crippen LogP) is 4.30. The Balaban J connectivity index is 1.57. The van der Waals surface area contributed by atoms with Crippen molar-refractivity contribution in [3.63, 3.8) is 0 Å². The first-order valence-corrected chi connectivity index (χ1v) is 11.9. The molecule has 2 heterocycles. The van der Waals surface area contributed by atoms with Crippen LogP contribution in [0.2, 0.25) is 0 Å². The van der Waals surface area contributed by atoms with E-state index in [4.69, 9.17) is 9.72 Å². The van der Waals surface area contributed by atoms with Gasteiger partial charge in [-0.05, 0) is 33.6 Å². The maximum absolute atomic E-state index is 12.4. The fourth-order valence-corrected chi connectivity index (χ4v) is 5.24. The smallest absolute Gasteiger partial charge is 0.311 e. The van der Waals surface area contributed by atoms with Crippen molar-refractivity contribution >= 4 is 40.1 Å². The van der Waals surface area contributed by atoms with Crippen molar-refractivity contribution in [1.29, 1.82) is 0 Å². The van der Waals surface area contributed by atoms with E-state index in [9.17, 15) is 9.59 Å². The number of esters is 1. The molecule has 2 aromatic heterocycles. The number of carbonyl (C=O) groups is 2. The van der Waals surface area contributed by atoms with E-state index in [0.717, 1.165) is 10.9 Å². The standard InChI is InChI=1S/C20H28N4O3S2/c1-4-27-18(26)10-15-11-28-19(22-15)23-17(25)12-29-20-21-13(2)14(3)24(20)16-8-6-5-7-9-16/h11,16H,4-10,12H2,1-3H3,(H,22,23,25). The molecule has 7 nitrogen and oxygen atoms in total. The van der Waals surface area contributed by atoms with Crippen molar-refractivity contribution in [2.45, 2.75) is 70.5 Å². The van der Waals surface area contributed by atoms with Crippen LogP contribution >= 0.6 is 23.1 Å². The van der Waals surface area contributed by atoms with Crippen LogP contribution in [0.3, 0.4) is 0 Å². The number of thiazole rings is 1. The zero-order valence-electron chi connectivity index (χ0n) is 17.2. The lowest BCUT2D eigenvalue weighted by atomic mass is 9.95. The molecule has 0 unspecified atom stereocenters. The largest absolute Gasteiger partial charge is 0.466 e. The minimum atomic E-state index is -0.313. The molecule has 3 rings (SSSR count). The summed E-state index contributed by atoms with van der Waals surface area (Å²) in [6, 6.07) is 0.486. The van der Waals surface area contributed by atoms with E-state index in [1.807, 2.05) is 6.92 Å². The molecule has 1 aliphatic carbocycles. The Morgan fingerprint density at radius 3 is 2.76 bits per heavy atom. The molecule has 1 N–H and O–H groups in total. The van der Waals surface area contributed by atoms with Gasteiger partial charge in [-0.2, -0.15) is 0 Å².